The van der Waals surface area contributed by atoms with Crippen LogP contribution in [0, 0.1) is 6.92 Å². The highest BCUT2D eigenvalue weighted by Crippen LogP contribution is 2.28. The van der Waals surface area contributed by atoms with Gasteiger partial charge in [-0.3, -0.25) is 4.79 Å². The number of nitrogens with zero attached hydrogens (tertiary/aromatic N) is 4. The van der Waals surface area contributed by atoms with Crippen LogP contribution in [0.15, 0.2) is 36.4 Å². The molecule has 0 aliphatic carbocycles. The third-order valence-electron chi connectivity index (χ3n) is 6.38. The molecule has 1 fully saturated rings. The maximum absolute atomic E-state index is 13.6. The molecule has 0 spiro atoms. The fourth-order valence-electron chi connectivity index (χ4n) is 4.93. The molecule has 1 unspecified atom stereocenters. The molecule has 3 aromatic rings. The van der Waals surface area contributed by atoms with Crippen molar-refractivity contribution in [2.75, 3.05) is 6.54 Å². The minimum absolute atomic E-state index is 0.118. The Morgan fingerprint density at radius 3 is 2.79 bits per heavy atom. The van der Waals surface area contributed by atoms with Crippen LogP contribution in [0.2, 0.25) is 0 Å². The van der Waals surface area contributed by atoms with Gasteiger partial charge in [0.05, 0.1) is 5.56 Å². The predicted molar refractivity (Wildman–Crippen MR) is 114 cm³/mol. The Bertz CT molecular complexity index is 1040. The van der Waals surface area contributed by atoms with Gasteiger partial charge < -0.3 is 9.47 Å². The zero-order valence-electron chi connectivity index (χ0n) is 17.1. The first-order valence-electron chi connectivity index (χ1n) is 10.9. The number of aryl methyl sites for hydroxylation is 3. The Balaban J connectivity index is 1.50. The third kappa shape index (κ3) is 3.43. The fourth-order valence-corrected chi connectivity index (χ4v) is 4.93. The molecule has 0 saturated carbocycles. The van der Waals surface area contributed by atoms with Crippen molar-refractivity contribution < 1.29 is 4.79 Å². The van der Waals surface area contributed by atoms with Crippen LogP contribution in [-0.2, 0) is 19.4 Å². The van der Waals surface area contributed by atoms with Crippen molar-refractivity contribution in [2.24, 2.45) is 0 Å². The van der Waals surface area contributed by atoms with Crippen LogP contribution in [-0.4, -0.2) is 37.9 Å². The average Bonchev–Trinajstić information content (AvgIpc) is 3.24. The van der Waals surface area contributed by atoms with Crippen LogP contribution >= 0.6 is 0 Å². The summed E-state index contributed by atoms with van der Waals surface area (Å²) in [6, 6.07) is 12.7. The van der Waals surface area contributed by atoms with Crippen molar-refractivity contribution in [2.45, 2.75) is 64.5 Å². The quantitative estimate of drug-likeness (QED) is 0.672. The molecule has 4 heterocycles. The summed E-state index contributed by atoms with van der Waals surface area (Å²) in [6.45, 7) is 3.77. The van der Waals surface area contributed by atoms with E-state index in [0.29, 0.717) is 0 Å². The number of fused-ring (bicyclic) bond motifs is 3. The molecule has 0 radical (unpaired) electrons. The highest BCUT2D eigenvalue weighted by molar-refractivity contribution is 6.04. The molecule has 2 aliphatic rings. The number of rotatable bonds is 3. The van der Waals surface area contributed by atoms with E-state index < -0.39 is 0 Å². The number of carbonyl (C=O) groups is 1. The summed E-state index contributed by atoms with van der Waals surface area (Å²) in [6.07, 6.45) is 7.57. The number of likely N-dealkylation sites (tertiary alicyclic amines) is 1. The van der Waals surface area contributed by atoms with E-state index >= 15 is 0 Å². The van der Waals surface area contributed by atoms with Crippen molar-refractivity contribution in [1.82, 2.24) is 19.4 Å². The van der Waals surface area contributed by atoms with Crippen molar-refractivity contribution in [3.05, 3.63) is 59.0 Å². The van der Waals surface area contributed by atoms with Crippen LogP contribution in [0.4, 0.5) is 0 Å². The van der Waals surface area contributed by atoms with Crippen LogP contribution in [0.1, 0.15) is 59.5 Å². The molecular weight excluding hydrogens is 360 g/mol. The summed E-state index contributed by atoms with van der Waals surface area (Å²) in [5.74, 6) is 1.21. The number of carbonyl (C=O) groups excluding carboxylic acids is 1. The second-order valence-electron chi connectivity index (χ2n) is 8.46. The second kappa shape index (κ2) is 7.62. The van der Waals surface area contributed by atoms with E-state index in [1.807, 2.05) is 19.1 Å². The lowest BCUT2D eigenvalue weighted by Crippen LogP contribution is -2.37. The molecule has 29 heavy (non-hydrogen) atoms. The molecule has 1 saturated heterocycles. The lowest BCUT2D eigenvalue weighted by atomic mass is 10.0. The minimum atomic E-state index is 0.118. The fraction of sp³-hybridized carbons (Fsp3) is 0.458. The first kappa shape index (κ1) is 18.3. The number of pyridine rings is 1. The van der Waals surface area contributed by atoms with E-state index in [-0.39, 0.29) is 11.9 Å². The van der Waals surface area contributed by atoms with E-state index in [9.17, 15) is 4.79 Å². The Morgan fingerprint density at radius 2 is 1.93 bits per heavy atom. The molecule has 150 valence electrons. The number of hydrogen-bond donors (Lipinski definition) is 0. The summed E-state index contributed by atoms with van der Waals surface area (Å²) in [4.78, 5) is 25.4. The molecule has 5 nitrogen and oxygen atoms in total. The molecule has 1 amide bonds. The zero-order valence-corrected chi connectivity index (χ0v) is 17.1. The topological polar surface area (TPSA) is 51.0 Å². The summed E-state index contributed by atoms with van der Waals surface area (Å²) in [5, 5.41) is 0. The Labute approximate surface area is 171 Å². The average molecular weight is 389 g/mol. The second-order valence-corrected chi connectivity index (χ2v) is 8.46. The normalized spacial score (nSPS) is 19.3. The predicted octanol–water partition coefficient (Wildman–Crippen LogP) is 4.31. The molecule has 5 rings (SSSR count). The van der Waals surface area contributed by atoms with Gasteiger partial charge in [-0.05, 0) is 50.7 Å². The van der Waals surface area contributed by atoms with Crippen LogP contribution in [0.5, 0.6) is 0 Å². The summed E-state index contributed by atoms with van der Waals surface area (Å²) < 4.78 is 2.25. The zero-order chi connectivity index (χ0) is 19.8. The number of hydrogen-bond acceptors (Lipinski definition) is 3. The van der Waals surface area contributed by atoms with Gasteiger partial charge in [-0.1, -0.05) is 36.8 Å². The van der Waals surface area contributed by atoms with Crippen LogP contribution in [0.25, 0.3) is 11.2 Å². The molecular formula is C24H28N4O. The lowest BCUT2D eigenvalue weighted by Gasteiger charge is -2.25. The third-order valence-corrected chi connectivity index (χ3v) is 6.38. The monoisotopic (exact) mass is 388 g/mol. The molecule has 5 heteroatoms. The Morgan fingerprint density at radius 1 is 1.07 bits per heavy atom. The Kier molecular flexibility index (Phi) is 4.82. The van der Waals surface area contributed by atoms with Gasteiger partial charge >= 0.3 is 0 Å². The standard InChI is InChI=1S/C24H28N4O/c1-17-15-20(22-23(25-17)28-13-7-3-6-12-21(28)26-22)24(29)27-14-8-11-19(27)16-18-9-4-2-5-10-18/h2,4-5,9-10,15,19H,3,6-8,11-14,16H2,1H3. The van der Waals surface area contributed by atoms with Gasteiger partial charge in [0.25, 0.3) is 5.91 Å². The highest BCUT2D eigenvalue weighted by Gasteiger charge is 2.31. The van der Waals surface area contributed by atoms with Gasteiger partial charge in [-0.15, -0.1) is 0 Å². The molecule has 0 bridgehead atoms. The largest absolute Gasteiger partial charge is 0.335 e. The minimum Gasteiger partial charge on any atom is -0.335 e. The number of benzene rings is 1. The summed E-state index contributed by atoms with van der Waals surface area (Å²) in [5.41, 5.74) is 4.61. The van der Waals surface area contributed by atoms with Gasteiger partial charge in [0.15, 0.2) is 5.65 Å². The number of amides is 1. The number of aromatic nitrogens is 3. The van der Waals surface area contributed by atoms with E-state index in [0.717, 1.165) is 79.9 Å². The first-order chi connectivity index (χ1) is 14.2. The molecule has 1 atom stereocenters. The van der Waals surface area contributed by atoms with E-state index in [4.69, 9.17) is 9.97 Å². The summed E-state index contributed by atoms with van der Waals surface area (Å²) in [7, 11) is 0. The van der Waals surface area contributed by atoms with Crippen molar-refractivity contribution >= 4 is 17.1 Å². The van der Waals surface area contributed by atoms with Crippen molar-refractivity contribution in [1.29, 1.82) is 0 Å². The van der Waals surface area contributed by atoms with Crippen molar-refractivity contribution in [3.63, 3.8) is 0 Å². The molecule has 1 aromatic carbocycles. The smallest absolute Gasteiger partial charge is 0.256 e. The SMILES string of the molecule is Cc1cc(C(=O)N2CCCC2Cc2ccccc2)c2nc3n(c2n1)CCCCC3. The summed E-state index contributed by atoms with van der Waals surface area (Å²) >= 11 is 0. The maximum Gasteiger partial charge on any atom is 0.256 e. The molecule has 2 aromatic heterocycles. The lowest BCUT2D eigenvalue weighted by molar-refractivity contribution is 0.0738. The first-order valence-corrected chi connectivity index (χ1v) is 10.9. The van der Waals surface area contributed by atoms with E-state index in [2.05, 4.69) is 33.7 Å². The van der Waals surface area contributed by atoms with Gasteiger partial charge in [0.2, 0.25) is 0 Å². The molecule has 2 aliphatic heterocycles. The van der Waals surface area contributed by atoms with Crippen LogP contribution in [0.3, 0.4) is 0 Å². The van der Waals surface area contributed by atoms with Gasteiger partial charge in [0, 0.05) is 31.2 Å². The van der Waals surface area contributed by atoms with Crippen molar-refractivity contribution in [3.8, 4) is 0 Å². The highest BCUT2D eigenvalue weighted by atomic mass is 16.2. The molecule has 0 N–H and O–H groups in total. The van der Waals surface area contributed by atoms with Crippen LogP contribution < -0.4 is 0 Å². The van der Waals surface area contributed by atoms with Gasteiger partial charge in [0.1, 0.15) is 11.3 Å². The van der Waals surface area contributed by atoms with E-state index in [1.54, 1.807) is 0 Å². The van der Waals surface area contributed by atoms with E-state index in [1.165, 1.54) is 12.0 Å². The van der Waals surface area contributed by atoms with Gasteiger partial charge in [-0.2, -0.15) is 0 Å². The van der Waals surface area contributed by atoms with Gasteiger partial charge in [-0.25, -0.2) is 9.97 Å². The maximum atomic E-state index is 13.6. The Hall–Kier alpha value is -2.69. The number of imidazole rings is 1.